The van der Waals surface area contributed by atoms with Crippen LogP contribution in [0.4, 0.5) is 0 Å². The molecule has 1 amide bonds. The van der Waals surface area contributed by atoms with Crippen LogP contribution >= 0.6 is 0 Å². The maximum atomic E-state index is 11.7. The van der Waals surface area contributed by atoms with Gasteiger partial charge in [-0.1, -0.05) is 36.4 Å². The molecule has 1 N–H and O–H groups in total. The molecule has 0 spiro atoms. The van der Waals surface area contributed by atoms with Crippen molar-refractivity contribution in [1.82, 2.24) is 5.32 Å². The number of amides is 1. The molecule has 1 aromatic rings. The van der Waals surface area contributed by atoms with Crippen LogP contribution in [0.25, 0.3) is 0 Å². The van der Waals surface area contributed by atoms with E-state index in [-0.39, 0.29) is 13.2 Å². The Morgan fingerprint density at radius 2 is 2.10 bits per heavy atom. The van der Waals surface area contributed by atoms with E-state index < -0.39 is 12.0 Å². The van der Waals surface area contributed by atoms with E-state index in [0.717, 1.165) is 5.56 Å². The first-order valence-corrected chi connectivity index (χ1v) is 5.79. The van der Waals surface area contributed by atoms with Crippen LogP contribution in [0.1, 0.15) is 5.56 Å². The summed E-state index contributed by atoms with van der Waals surface area (Å²) in [5, 5.41) is 2.24. The first-order chi connectivity index (χ1) is 9.27. The molecule has 1 unspecified atom stereocenters. The van der Waals surface area contributed by atoms with Gasteiger partial charge in [0.1, 0.15) is 12.6 Å². The summed E-state index contributed by atoms with van der Waals surface area (Å²) in [7, 11) is 0. The van der Waals surface area contributed by atoms with Crippen molar-refractivity contribution in [2.75, 3.05) is 13.2 Å². The molecule has 0 aliphatic carbocycles. The van der Waals surface area contributed by atoms with Gasteiger partial charge >= 0.3 is 5.97 Å². The van der Waals surface area contributed by atoms with Gasteiger partial charge in [-0.25, -0.2) is 4.79 Å². The Balaban J connectivity index is 0.00000361. The maximum absolute atomic E-state index is 11.7. The van der Waals surface area contributed by atoms with E-state index >= 15 is 0 Å². The number of hydrogen-bond acceptors (Lipinski definition) is 4. The molecule has 1 rings (SSSR count). The Labute approximate surface area is 112 Å². The van der Waals surface area contributed by atoms with Crippen LogP contribution in [-0.2, 0) is 25.7 Å². The second kappa shape index (κ2) is 9.85. The Bertz CT molecular complexity index is 411. The number of rotatable bonds is 9. The molecule has 0 heterocycles. The van der Waals surface area contributed by atoms with Gasteiger partial charge < -0.3 is 19.6 Å². The predicted molar refractivity (Wildman–Crippen MR) is 69.9 cm³/mol. The minimum absolute atomic E-state index is 0. The molecule has 0 saturated heterocycles. The normalized spacial score (nSPS) is 10.8. The zero-order valence-corrected chi connectivity index (χ0v) is 13.2. The molecule has 0 radical (unpaired) electrons. The van der Waals surface area contributed by atoms with E-state index in [1.165, 1.54) is 6.41 Å². The molecule has 5 nitrogen and oxygen atoms in total. The molecular formula is C14H16FmNO4-. The van der Waals surface area contributed by atoms with Gasteiger partial charge in [-0.15, -0.1) is 6.58 Å². The molecule has 0 aliphatic heterocycles. The van der Waals surface area contributed by atoms with E-state index in [9.17, 15) is 9.59 Å². The van der Waals surface area contributed by atoms with E-state index in [1.807, 2.05) is 30.3 Å². The SMILES string of the molecule is C=CCOCC(N[C-]=O)C(=O)OCc1ccccc1.[Fm]. The van der Waals surface area contributed by atoms with Crippen molar-refractivity contribution in [3.8, 4) is 0 Å². The van der Waals surface area contributed by atoms with Gasteiger partial charge in [0.25, 0.3) is 0 Å². The van der Waals surface area contributed by atoms with E-state index in [1.54, 1.807) is 6.08 Å². The first kappa shape index (κ1) is 16.9. The molecular weight excluding hydrogens is 503 g/mol. The fourth-order valence-corrected chi connectivity index (χ4v) is 1.34. The summed E-state index contributed by atoms with van der Waals surface area (Å²) in [6.07, 6.45) is 3.02. The third-order valence-corrected chi connectivity index (χ3v) is 2.26. The van der Waals surface area contributed by atoms with Gasteiger partial charge in [0, 0.05) is 0 Å². The maximum Gasteiger partial charge on any atom is 0.328 e. The van der Waals surface area contributed by atoms with E-state index in [0.29, 0.717) is 6.61 Å². The Hall–Kier alpha value is -3.14. The van der Waals surface area contributed by atoms with Crippen LogP contribution in [0.2, 0.25) is 0 Å². The van der Waals surface area contributed by atoms with Crippen molar-refractivity contribution in [3.05, 3.63) is 48.6 Å². The largest absolute Gasteiger partial charge is 0.520 e. The summed E-state index contributed by atoms with van der Waals surface area (Å²) < 4.78 is 10.2. The number of carbonyl (C=O) groups is 1. The van der Waals surface area contributed by atoms with Crippen LogP contribution in [0, 0.1) is 0 Å². The van der Waals surface area contributed by atoms with Gasteiger partial charge in [-0.2, -0.15) is 6.41 Å². The smallest absolute Gasteiger partial charge is 0.328 e. The van der Waals surface area contributed by atoms with Gasteiger partial charge in [0.2, 0.25) is 0 Å². The molecule has 1 atom stereocenters. The number of benzene rings is 1. The number of carbonyl (C=O) groups excluding carboxylic acids is 2. The molecule has 0 bridgehead atoms. The van der Waals surface area contributed by atoms with Crippen LogP contribution in [0.15, 0.2) is 43.0 Å². The Morgan fingerprint density at radius 3 is 2.70 bits per heavy atom. The molecule has 114 valence electrons. The van der Waals surface area contributed by atoms with Crippen molar-refractivity contribution < 1.29 is 19.1 Å². The molecule has 0 aliphatic rings. The minimum atomic E-state index is -0.860. The van der Waals surface area contributed by atoms with Crippen LogP contribution in [-0.4, -0.2) is 31.6 Å². The third-order valence-electron chi connectivity index (χ3n) is 2.26. The second-order valence-electron chi connectivity index (χ2n) is 3.72. The van der Waals surface area contributed by atoms with E-state index in [4.69, 9.17) is 9.47 Å². The van der Waals surface area contributed by atoms with Gasteiger partial charge in [-0.05, 0) is 5.56 Å². The quantitative estimate of drug-likeness (QED) is 0.174. The zero-order chi connectivity index (χ0) is 13.9. The van der Waals surface area contributed by atoms with Crippen LogP contribution < -0.4 is 5.32 Å². The van der Waals surface area contributed by atoms with Crippen molar-refractivity contribution in [1.29, 1.82) is 0 Å². The molecule has 6 heteroatoms. The number of nitrogens with one attached hydrogen (secondary N) is 1. The number of esters is 1. The second-order valence-corrected chi connectivity index (χ2v) is 3.72. The fourth-order valence-electron chi connectivity index (χ4n) is 1.34. The number of hydrogen-bond donors (Lipinski definition) is 1. The van der Waals surface area contributed by atoms with Crippen molar-refractivity contribution in [2.24, 2.45) is 0 Å². The molecule has 1 aromatic carbocycles. The number of ether oxygens (including phenoxy) is 2. The van der Waals surface area contributed by atoms with Gasteiger partial charge in [0.05, 0.1) is 13.2 Å². The molecule has 0 aromatic heterocycles. The van der Waals surface area contributed by atoms with E-state index in [2.05, 4.69) is 11.9 Å². The summed E-state index contributed by atoms with van der Waals surface area (Å²) in [4.78, 5) is 22.0. The Morgan fingerprint density at radius 1 is 1.40 bits per heavy atom. The molecule has 0 fully saturated rings. The van der Waals surface area contributed by atoms with Gasteiger partial charge in [-0.3, -0.25) is 0 Å². The monoisotopic (exact) mass is 519 g/mol. The van der Waals surface area contributed by atoms with Crippen molar-refractivity contribution in [2.45, 2.75) is 12.6 Å². The van der Waals surface area contributed by atoms with Gasteiger partial charge in [0.15, 0.2) is 0 Å². The topological polar surface area (TPSA) is 64.6 Å². The first-order valence-electron chi connectivity index (χ1n) is 5.79. The van der Waals surface area contributed by atoms with Crippen LogP contribution in [0.3, 0.4) is 0 Å². The predicted octanol–water partition coefficient (Wildman–Crippen LogP) is 0.958. The molecule has 20 heavy (non-hydrogen) atoms. The third kappa shape index (κ3) is 5.97. The summed E-state index contributed by atoms with van der Waals surface area (Å²) in [5.41, 5.74) is 0.872. The average molecular weight is 519 g/mol. The van der Waals surface area contributed by atoms with Crippen LogP contribution in [0.5, 0.6) is 0 Å². The summed E-state index contributed by atoms with van der Waals surface area (Å²) in [6, 6.07) is 8.41. The summed E-state index contributed by atoms with van der Waals surface area (Å²) >= 11 is 0. The molecule has 0 saturated carbocycles. The zero-order valence-electron chi connectivity index (χ0n) is 10.8. The fraction of sp³-hybridized carbons (Fsp3) is 0.286. The summed E-state index contributed by atoms with van der Waals surface area (Å²) in [5.74, 6) is -0.559. The van der Waals surface area contributed by atoms with Crippen molar-refractivity contribution >= 4 is 12.4 Å². The van der Waals surface area contributed by atoms with Crippen molar-refractivity contribution in [3.63, 3.8) is 0 Å². The standard InChI is InChI=1S/C14H16NO4.Fm/c1-2-8-18-10-13(15-11-16)14(17)19-9-12-6-4-3-5-7-12;/h2-7,13H,1,8-10H2,(H,15,16);/q-1;. The average Bonchev–Trinajstić information content (AvgIpc) is 2.45. The summed E-state index contributed by atoms with van der Waals surface area (Å²) in [6.45, 7) is 3.95. The minimum Gasteiger partial charge on any atom is -0.520 e. The Kier molecular flexibility index (Phi) is 8.30.